The van der Waals surface area contributed by atoms with Crippen LogP contribution in [0.3, 0.4) is 0 Å². The molecule has 0 aromatic heterocycles. The number of carbonyl (C=O) groups excluding carboxylic acids is 1. The van der Waals surface area contributed by atoms with Gasteiger partial charge in [0.1, 0.15) is 0 Å². The van der Waals surface area contributed by atoms with E-state index in [1.54, 1.807) is 0 Å². The maximum Gasteiger partial charge on any atom is 0.225 e. The summed E-state index contributed by atoms with van der Waals surface area (Å²) in [6.45, 7) is 6.57. The minimum atomic E-state index is 0.385. The zero-order valence-corrected chi connectivity index (χ0v) is 13.1. The molecule has 4 atom stereocenters. The van der Waals surface area contributed by atoms with Gasteiger partial charge in [-0.1, -0.05) is 26.0 Å². The van der Waals surface area contributed by atoms with Gasteiger partial charge in [-0.2, -0.15) is 0 Å². The average molecular weight is 275 g/mol. The minimum absolute atomic E-state index is 0.385. The molecule has 4 unspecified atom stereocenters. The highest BCUT2D eigenvalue weighted by molar-refractivity contribution is 5.81. The highest BCUT2D eigenvalue weighted by Crippen LogP contribution is 2.50. The largest absolute Gasteiger partial charge is 0.342 e. The SMILES string of the molecule is CCCN(CC1CC1C1CCC=CC1C)C(=O)C1CC1. The zero-order chi connectivity index (χ0) is 14.1. The van der Waals surface area contributed by atoms with E-state index >= 15 is 0 Å². The molecule has 20 heavy (non-hydrogen) atoms. The molecule has 1 amide bonds. The Balaban J connectivity index is 1.52. The van der Waals surface area contributed by atoms with Crippen molar-refractivity contribution in [3.63, 3.8) is 0 Å². The lowest BCUT2D eigenvalue weighted by Crippen LogP contribution is -2.35. The summed E-state index contributed by atoms with van der Waals surface area (Å²) in [5.74, 6) is 4.15. The highest BCUT2D eigenvalue weighted by Gasteiger charge is 2.46. The first-order valence-electron chi connectivity index (χ1n) is 8.66. The van der Waals surface area contributed by atoms with E-state index in [0.717, 1.165) is 56.0 Å². The van der Waals surface area contributed by atoms with Gasteiger partial charge in [-0.25, -0.2) is 0 Å². The second-order valence-corrected chi connectivity index (χ2v) is 7.25. The van der Waals surface area contributed by atoms with Gasteiger partial charge < -0.3 is 4.90 Å². The van der Waals surface area contributed by atoms with Crippen LogP contribution in [0.2, 0.25) is 0 Å². The standard InChI is InChI=1S/C18H29NO/c1-3-10-19(18(20)14-8-9-14)12-15-11-17(15)16-7-5-4-6-13(16)2/h4,6,13-17H,3,5,7-12H2,1-2H3. The predicted octanol–water partition coefficient (Wildman–Crippen LogP) is 3.87. The number of amides is 1. The van der Waals surface area contributed by atoms with E-state index in [9.17, 15) is 4.79 Å². The molecule has 2 heteroatoms. The van der Waals surface area contributed by atoms with E-state index in [2.05, 4.69) is 30.9 Å². The minimum Gasteiger partial charge on any atom is -0.342 e. The summed E-state index contributed by atoms with van der Waals surface area (Å²) in [5.41, 5.74) is 0. The molecular formula is C18H29NO. The summed E-state index contributed by atoms with van der Waals surface area (Å²) in [6, 6.07) is 0. The van der Waals surface area contributed by atoms with Crippen LogP contribution in [0.4, 0.5) is 0 Å². The van der Waals surface area contributed by atoms with Gasteiger partial charge in [0.25, 0.3) is 0 Å². The first kappa shape index (κ1) is 14.2. The fraction of sp³-hybridized carbons (Fsp3) is 0.833. The number of carbonyl (C=O) groups is 1. The second-order valence-electron chi connectivity index (χ2n) is 7.25. The molecule has 0 heterocycles. The highest BCUT2D eigenvalue weighted by atomic mass is 16.2. The molecule has 3 aliphatic carbocycles. The topological polar surface area (TPSA) is 20.3 Å². The lowest BCUT2D eigenvalue weighted by atomic mass is 9.81. The van der Waals surface area contributed by atoms with E-state index in [1.807, 2.05) is 0 Å². The average Bonchev–Trinajstić information content (AvgIpc) is 3.33. The third-order valence-electron chi connectivity index (χ3n) is 5.50. The van der Waals surface area contributed by atoms with Crippen molar-refractivity contribution < 1.29 is 4.79 Å². The maximum atomic E-state index is 12.3. The van der Waals surface area contributed by atoms with Crippen LogP contribution in [-0.2, 0) is 4.79 Å². The van der Waals surface area contributed by atoms with Gasteiger partial charge in [-0.05, 0) is 62.2 Å². The summed E-state index contributed by atoms with van der Waals surface area (Å²) < 4.78 is 0. The Morgan fingerprint density at radius 1 is 1.25 bits per heavy atom. The fourth-order valence-electron chi connectivity index (χ4n) is 4.05. The third kappa shape index (κ3) is 3.10. The van der Waals surface area contributed by atoms with Crippen LogP contribution in [0, 0.1) is 29.6 Å². The van der Waals surface area contributed by atoms with Crippen molar-refractivity contribution in [1.29, 1.82) is 0 Å². The molecule has 0 aromatic rings. The van der Waals surface area contributed by atoms with E-state index in [-0.39, 0.29) is 0 Å². The summed E-state index contributed by atoms with van der Waals surface area (Å²) in [4.78, 5) is 14.5. The lowest BCUT2D eigenvalue weighted by molar-refractivity contribution is -0.132. The number of hydrogen-bond donors (Lipinski definition) is 0. The molecule has 2 fully saturated rings. The van der Waals surface area contributed by atoms with Crippen molar-refractivity contribution in [1.82, 2.24) is 4.90 Å². The maximum absolute atomic E-state index is 12.3. The summed E-state index contributed by atoms with van der Waals surface area (Å²) >= 11 is 0. The van der Waals surface area contributed by atoms with Gasteiger partial charge in [-0.3, -0.25) is 4.79 Å². The Morgan fingerprint density at radius 3 is 2.70 bits per heavy atom. The van der Waals surface area contributed by atoms with Crippen molar-refractivity contribution in [2.75, 3.05) is 13.1 Å². The fourth-order valence-corrected chi connectivity index (χ4v) is 4.05. The molecule has 0 bridgehead atoms. The van der Waals surface area contributed by atoms with Crippen LogP contribution >= 0.6 is 0 Å². The molecule has 0 spiro atoms. The number of rotatable bonds is 6. The van der Waals surface area contributed by atoms with Gasteiger partial charge in [0.15, 0.2) is 0 Å². The molecule has 3 aliphatic rings. The van der Waals surface area contributed by atoms with Crippen LogP contribution in [0.25, 0.3) is 0 Å². The molecule has 0 aromatic carbocycles. The van der Waals surface area contributed by atoms with E-state index in [4.69, 9.17) is 0 Å². The Hall–Kier alpha value is -0.790. The molecule has 0 radical (unpaired) electrons. The van der Waals surface area contributed by atoms with Crippen LogP contribution in [-0.4, -0.2) is 23.9 Å². The Kier molecular flexibility index (Phi) is 4.18. The van der Waals surface area contributed by atoms with Crippen LogP contribution in [0.5, 0.6) is 0 Å². The molecular weight excluding hydrogens is 246 g/mol. The molecule has 3 rings (SSSR count). The van der Waals surface area contributed by atoms with Gasteiger partial charge in [0, 0.05) is 19.0 Å². The number of nitrogens with zero attached hydrogens (tertiary/aromatic N) is 1. The van der Waals surface area contributed by atoms with Gasteiger partial charge >= 0.3 is 0 Å². The van der Waals surface area contributed by atoms with Crippen molar-refractivity contribution in [3.8, 4) is 0 Å². The van der Waals surface area contributed by atoms with Gasteiger partial charge in [0.05, 0.1) is 0 Å². The third-order valence-corrected chi connectivity index (χ3v) is 5.50. The van der Waals surface area contributed by atoms with Crippen LogP contribution < -0.4 is 0 Å². The first-order chi connectivity index (χ1) is 9.70. The van der Waals surface area contributed by atoms with Crippen molar-refractivity contribution >= 4 is 5.91 Å². The number of hydrogen-bond acceptors (Lipinski definition) is 1. The first-order valence-corrected chi connectivity index (χ1v) is 8.66. The van der Waals surface area contributed by atoms with Crippen molar-refractivity contribution in [2.24, 2.45) is 29.6 Å². The van der Waals surface area contributed by atoms with Crippen LogP contribution in [0.1, 0.15) is 52.4 Å². The van der Waals surface area contributed by atoms with Crippen LogP contribution in [0.15, 0.2) is 12.2 Å². The van der Waals surface area contributed by atoms with E-state index in [0.29, 0.717) is 11.8 Å². The molecule has 0 N–H and O–H groups in total. The molecule has 112 valence electrons. The molecule has 2 saturated carbocycles. The van der Waals surface area contributed by atoms with E-state index in [1.165, 1.54) is 19.3 Å². The molecule has 0 aliphatic heterocycles. The second kappa shape index (κ2) is 5.91. The number of allylic oxidation sites excluding steroid dienone is 2. The van der Waals surface area contributed by atoms with Crippen molar-refractivity contribution in [2.45, 2.75) is 52.4 Å². The molecule has 0 saturated heterocycles. The predicted molar refractivity (Wildman–Crippen MR) is 82.2 cm³/mol. The molecule has 2 nitrogen and oxygen atoms in total. The zero-order valence-electron chi connectivity index (χ0n) is 13.1. The summed E-state index contributed by atoms with van der Waals surface area (Å²) in [6.07, 6.45) is 12.1. The Bertz CT molecular complexity index is 385. The van der Waals surface area contributed by atoms with E-state index < -0.39 is 0 Å². The van der Waals surface area contributed by atoms with Gasteiger partial charge in [-0.15, -0.1) is 0 Å². The lowest BCUT2D eigenvalue weighted by Gasteiger charge is -2.27. The van der Waals surface area contributed by atoms with Gasteiger partial charge in [0.2, 0.25) is 5.91 Å². The normalized spacial score (nSPS) is 35.9. The monoisotopic (exact) mass is 275 g/mol. The quantitative estimate of drug-likeness (QED) is 0.674. The Labute approximate surface area is 123 Å². The van der Waals surface area contributed by atoms with Crippen molar-refractivity contribution in [3.05, 3.63) is 12.2 Å². The summed E-state index contributed by atoms with van der Waals surface area (Å²) in [7, 11) is 0. The smallest absolute Gasteiger partial charge is 0.225 e. The Morgan fingerprint density at radius 2 is 2.05 bits per heavy atom. The summed E-state index contributed by atoms with van der Waals surface area (Å²) in [5, 5.41) is 0.